The minimum atomic E-state index is -0.912. The Hall–Kier alpha value is -1.11. The van der Waals surface area contributed by atoms with E-state index in [1.165, 1.54) is 22.7 Å². The van der Waals surface area contributed by atoms with E-state index in [0.717, 1.165) is 14.3 Å². The van der Waals surface area contributed by atoms with Gasteiger partial charge in [-0.15, -0.1) is 11.3 Å². The summed E-state index contributed by atoms with van der Waals surface area (Å²) in [6.07, 6.45) is 0. The lowest BCUT2D eigenvalue weighted by Gasteiger charge is -2.14. The Bertz CT molecular complexity index is 622. The molecule has 2 rings (SSSR count). The Kier molecular flexibility index (Phi) is 4.67. The van der Waals surface area contributed by atoms with Gasteiger partial charge in [0, 0.05) is 11.9 Å². The molecule has 1 N–H and O–H groups in total. The second-order valence-electron chi connectivity index (χ2n) is 4.73. The van der Waals surface area contributed by atoms with Crippen molar-refractivity contribution in [1.29, 1.82) is 0 Å². The van der Waals surface area contributed by atoms with Gasteiger partial charge in [0.2, 0.25) is 0 Å². The zero-order chi connectivity index (χ0) is 14.9. The van der Waals surface area contributed by atoms with Crippen LogP contribution in [-0.4, -0.2) is 23.1 Å². The van der Waals surface area contributed by atoms with E-state index in [0.29, 0.717) is 17.1 Å². The lowest BCUT2D eigenvalue weighted by molar-refractivity contribution is 0.0700. The van der Waals surface area contributed by atoms with Crippen molar-refractivity contribution in [3.63, 3.8) is 0 Å². The van der Waals surface area contributed by atoms with Crippen LogP contribution in [0.1, 0.15) is 40.0 Å². The molecule has 0 atom stereocenters. The van der Waals surface area contributed by atoms with Crippen molar-refractivity contribution in [2.75, 3.05) is 11.9 Å². The van der Waals surface area contributed by atoms with E-state index in [4.69, 9.17) is 11.6 Å². The summed E-state index contributed by atoms with van der Waals surface area (Å²) in [4.78, 5) is 19.1. The summed E-state index contributed by atoms with van der Waals surface area (Å²) < 4.78 is 0.752. The highest BCUT2D eigenvalue weighted by atomic mass is 35.5. The molecule has 2 aromatic heterocycles. The quantitative estimate of drug-likeness (QED) is 0.887. The van der Waals surface area contributed by atoms with Gasteiger partial charge in [0.25, 0.3) is 0 Å². The fraction of sp³-hybridized carbons (Fsp3) is 0.385. The molecule has 0 saturated carbocycles. The molecule has 0 aliphatic heterocycles. The van der Waals surface area contributed by atoms with Crippen LogP contribution in [-0.2, 0) is 6.54 Å². The summed E-state index contributed by atoms with van der Waals surface area (Å²) in [7, 11) is 1.90. The first kappa shape index (κ1) is 15.3. The molecule has 4 nitrogen and oxygen atoms in total. The maximum atomic E-state index is 11.3. The van der Waals surface area contributed by atoms with E-state index in [9.17, 15) is 9.90 Å². The number of carboxylic acid groups (broad SMARTS) is 1. The van der Waals surface area contributed by atoms with Crippen molar-refractivity contribution in [2.45, 2.75) is 26.3 Å². The van der Waals surface area contributed by atoms with Crippen molar-refractivity contribution in [1.82, 2.24) is 4.98 Å². The summed E-state index contributed by atoms with van der Waals surface area (Å²) >= 11 is 8.65. The van der Waals surface area contributed by atoms with Gasteiger partial charge in [-0.05, 0) is 18.1 Å². The highest BCUT2D eigenvalue weighted by molar-refractivity contribution is 7.17. The number of aromatic carboxylic acids is 1. The van der Waals surface area contributed by atoms with Crippen LogP contribution in [0.15, 0.2) is 12.1 Å². The summed E-state index contributed by atoms with van der Waals surface area (Å²) in [5.74, 6) is -0.819. The molecular formula is C13H15ClN2O2S2. The zero-order valence-corrected chi connectivity index (χ0v) is 13.8. The molecule has 108 valence electrons. The average molecular weight is 331 g/mol. The number of aromatic nitrogens is 1. The third-order valence-corrected chi connectivity index (χ3v) is 5.12. The highest BCUT2D eigenvalue weighted by Gasteiger charge is 2.21. The smallest absolute Gasteiger partial charge is 0.347 e. The third kappa shape index (κ3) is 3.31. The lowest BCUT2D eigenvalue weighted by atomic mass is 10.1. The summed E-state index contributed by atoms with van der Waals surface area (Å²) in [5, 5.41) is 9.96. The van der Waals surface area contributed by atoms with Crippen LogP contribution in [0.4, 0.5) is 5.13 Å². The highest BCUT2D eigenvalue weighted by Crippen LogP contribution is 2.32. The largest absolute Gasteiger partial charge is 0.477 e. The predicted molar refractivity (Wildman–Crippen MR) is 84.6 cm³/mol. The second-order valence-corrected chi connectivity index (χ2v) is 7.51. The normalized spacial score (nSPS) is 11.1. The molecule has 0 saturated heterocycles. The van der Waals surface area contributed by atoms with Gasteiger partial charge in [0.15, 0.2) is 5.13 Å². The number of carboxylic acids is 1. The Morgan fingerprint density at radius 1 is 1.45 bits per heavy atom. The number of hydrogen-bond acceptors (Lipinski definition) is 5. The number of rotatable bonds is 5. The molecule has 0 bridgehead atoms. The Balaban J connectivity index is 2.23. The van der Waals surface area contributed by atoms with E-state index >= 15 is 0 Å². The van der Waals surface area contributed by atoms with Crippen molar-refractivity contribution in [3.05, 3.63) is 31.9 Å². The molecule has 0 aliphatic carbocycles. The zero-order valence-electron chi connectivity index (χ0n) is 11.4. The minimum absolute atomic E-state index is 0.0932. The standard InChI is InChI=1S/C13H15ClN2O2S2/c1-7(2)10-11(12(17)18)20-13(15-10)16(3)6-8-4-5-9(14)19-8/h4-5,7H,6H2,1-3H3,(H,17,18). The fourth-order valence-electron chi connectivity index (χ4n) is 1.77. The molecule has 0 radical (unpaired) electrons. The Morgan fingerprint density at radius 2 is 2.15 bits per heavy atom. The summed E-state index contributed by atoms with van der Waals surface area (Å²) in [6, 6.07) is 3.83. The SMILES string of the molecule is CC(C)c1nc(N(C)Cc2ccc(Cl)s2)sc1C(=O)O. The Labute approximate surface area is 130 Å². The number of anilines is 1. The molecule has 0 amide bonds. The lowest BCUT2D eigenvalue weighted by Crippen LogP contribution is -2.15. The van der Waals surface area contributed by atoms with E-state index in [1.807, 2.05) is 37.9 Å². The van der Waals surface area contributed by atoms with Crippen LogP contribution in [0.5, 0.6) is 0 Å². The molecule has 2 heterocycles. The first-order valence-electron chi connectivity index (χ1n) is 6.08. The van der Waals surface area contributed by atoms with Crippen molar-refractivity contribution < 1.29 is 9.90 Å². The number of nitrogens with zero attached hydrogens (tertiary/aromatic N) is 2. The van der Waals surface area contributed by atoms with Gasteiger partial charge in [-0.3, -0.25) is 0 Å². The second kappa shape index (κ2) is 6.11. The maximum absolute atomic E-state index is 11.3. The molecule has 0 aliphatic rings. The van der Waals surface area contributed by atoms with Crippen molar-refractivity contribution in [2.24, 2.45) is 0 Å². The van der Waals surface area contributed by atoms with E-state index in [1.54, 1.807) is 0 Å². The van der Waals surface area contributed by atoms with Crippen LogP contribution < -0.4 is 4.90 Å². The van der Waals surface area contributed by atoms with E-state index in [2.05, 4.69) is 4.98 Å². The van der Waals surface area contributed by atoms with Gasteiger partial charge in [-0.2, -0.15) is 0 Å². The minimum Gasteiger partial charge on any atom is -0.477 e. The van der Waals surface area contributed by atoms with Crippen molar-refractivity contribution >= 4 is 45.4 Å². The van der Waals surface area contributed by atoms with E-state index in [-0.39, 0.29) is 5.92 Å². The third-order valence-electron chi connectivity index (χ3n) is 2.73. The van der Waals surface area contributed by atoms with Crippen LogP contribution in [0.25, 0.3) is 0 Å². The molecular weight excluding hydrogens is 316 g/mol. The van der Waals surface area contributed by atoms with Crippen LogP contribution in [0, 0.1) is 0 Å². The van der Waals surface area contributed by atoms with Gasteiger partial charge < -0.3 is 10.0 Å². The van der Waals surface area contributed by atoms with Gasteiger partial charge in [0.1, 0.15) is 4.88 Å². The number of carbonyl (C=O) groups is 1. The van der Waals surface area contributed by atoms with Crippen molar-refractivity contribution in [3.8, 4) is 0 Å². The molecule has 0 fully saturated rings. The molecule has 0 unspecified atom stereocenters. The maximum Gasteiger partial charge on any atom is 0.347 e. The molecule has 0 aromatic carbocycles. The average Bonchev–Trinajstić information content (AvgIpc) is 2.95. The summed E-state index contributed by atoms with van der Waals surface area (Å²) in [5.41, 5.74) is 0.647. The summed E-state index contributed by atoms with van der Waals surface area (Å²) in [6.45, 7) is 4.57. The fourth-order valence-corrected chi connectivity index (χ4v) is 3.93. The number of thiazole rings is 1. The number of halogens is 1. The van der Waals surface area contributed by atoms with Gasteiger partial charge >= 0.3 is 5.97 Å². The van der Waals surface area contributed by atoms with Crippen LogP contribution in [0.3, 0.4) is 0 Å². The first-order valence-corrected chi connectivity index (χ1v) is 8.09. The predicted octanol–water partition coefficient (Wildman–Crippen LogP) is 4.32. The topological polar surface area (TPSA) is 53.4 Å². The Morgan fingerprint density at radius 3 is 2.60 bits per heavy atom. The van der Waals surface area contributed by atoms with Gasteiger partial charge in [-0.25, -0.2) is 9.78 Å². The molecule has 0 spiro atoms. The van der Waals surface area contributed by atoms with E-state index < -0.39 is 5.97 Å². The number of thiophene rings is 1. The van der Waals surface area contributed by atoms with Crippen LogP contribution in [0.2, 0.25) is 4.34 Å². The monoisotopic (exact) mass is 330 g/mol. The first-order chi connectivity index (χ1) is 9.38. The van der Waals surface area contributed by atoms with Gasteiger partial charge in [0.05, 0.1) is 16.6 Å². The molecule has 20 heavy (non-hydrogen) atoms. The van der Waals surface area contributed by atoms with Gasteiger partial charge in [-0.1, -0.05) is 36.8 Å². The molecule has 2 aromatic rings. The number of hydrogen-bond donors (Lipinski definition) is 1. The van der Waals surface area contributed by atoms with Crippen LogP contribution >= 0.6 is 34.3 Å². The molecule has 7 heteroatoms.